The normalized spacial score (nSPS) is 14.4. The molecular weight excluding hydrogens is 394 g/mol. The Labute approximate surface area is 178 Å². The number of thioether (sulfide) groups is 1. The monoisotopic (exact) mass is 413 g/mol. The van der Waals surface area contributed by atoms with Crippen LogP contribution in [0.15, 0.2) is 71.5 Å². The molecule has 148 valence electrons. The van der Waals surface area contributed by atoms with Crippen molar-refractivity contribution in [2.45, 2.75) is 6.42 Å². The van der Waals surface area contributed by atoms with Crippen molar-refractivity contribution in [2.24, 2.45) is 5.73 Å². The molecule has 0 amide bonds. The lowest BCUT2D eigenvalue weighted by Crippen LogP contribution is -2.13. The van der Waals surface area contributed by atoms with Crippen molar-refractivity contribution in [1.82, 2.24) is 20.3 Å². The van der Waals surface area contributed by atoms with Crippen molar-refractivity contribution in [3.63, 3.8) is 0 Å². The highest BCUT2D eigenvalue weighted by molar-refractivity contribution is 8.06. The number of hydrogen-bond acceptors (Lipinski definition) is 8. The first kappa shape index (κ1) is 19.5. The molecule has 7 nitrogen and oxygen atoms in total. The molecule has 0 spiro atoms. The number of nitrogens with zero attached hydrogens (tertiary/aromatic N) is 4. The molecule has 1 aliphatic heterocycles. The molecule has 4 rings (SSSR count). The largest absolute Gasteiger partial charge is 0.395 e. The van der Waals surface area contributed by atoms with Gasteiger partial charge in [-0.05, 0) is 41.8 Å². The third-order valence-corrected chi connectivity index (χ3v) is 5.37. The van der Waals surface area contributed by atoms with Crippen molar-refractivity contribution in [3.8, 4) is 6.07 Å². The highest BCUT2D eigenvalue weighted by Gasteiger charge is 2.16. The molecule has 0 fully saturated rings. The molecule has 0 saturated heterocycles. The molecule has 3 heterocycles. The Balaban J connectivity index is 1.41. The molecule has 0 atom stereocenters. The van der Waals surface area contributed by atoms with Crippen LogP contribution >= 0.6 is 11.8 Å². The summed E-state index contributed by atoms with van der Waals surface area (Å²) in [4.78, 5) is 12.9. The van der Waals surface area contributed by atoms with E-state index in [1.54, 1.807) is 30.6 Å². The van der Waals surface area contributed by atoms with E-state index >= 15 is 0 Å². The first-order chi connectivity index (χ1) is 14.7. The van der Waals surface area contributed by atoms with Crippen LogP contribution in [-0.4, -0.2) is 21.5 Å². The van der Waals surface area contributed by atoms with Crippen LogP contribution in [0.4, 0.5) is 5.95 Å². The minimum atomic E-state index is 0.531. The number of nitriles is 1. The summed E-state index contributed by atoms with van der Waals surface area (Å²) in [6.45, 7) is 0.697. The molecule has 1 aliphatic rings. The minimum Gasteiger partial charge on any atom is -0.395 e. The highest BCUT2D eigenvalue weighted by Crippen LogP contribution is 2.33. The van der Waals surface area contributed by atoms with Crippen molar-refractivity contribution in [1.29, 1.82) is 5.26 Å². The Hall–Kier alpha value is -3.83. The first-order valence-electron chi connectivity index (χ1n) is 9.33. The summed E-state index contributed by atoms with van der Waals surface area (Å²) in [5, 5.41) is 18.3. The number of hydrogen-bond donors (Lipinski definition) is 3. The minimum absolute atomic E-state index is 0.531. The summed E-state index contributed by atoms with van der Waals surface area (Å²) in [6.07, 6.45) is 6.13. The summed E-state index contributed by atoms with van der Waals surface area (Å²) >= 11 is 1.51. The number of anilines is 1. The number of rotatable bonds is 6. The van der Waals surface area contributed by atoms with Gasteiger partial charge in [-0.1, -0.05) is 30.0 Å². The van der Waals surface area contributed by atoms with E-state index in [1.165, 1.54) is 11.8 Å². The molecule has 2 aromatic heterocycles. The van der Waals surface area contributed by atoms with E-state index in [1.807, 2.05) is 35.9 Å². The standard InChI is InChI=1S/C22H19N7S/c23-12-15-3-5-17(6-4-15)19-14-30-21(28-19)20(24)18-8-11-27-22(29-18)26-10-7-16-2-1-9-25-13-16/h1-6,8-9,11,13-14,28H,7,10,24H2,(H,26,27,29)/b21-20+. The van der Waals surface area contributed by atoms with Crippen LogP contribution in [-0.2, 0) is 6.42 Å². The molecule has 4 N–H and O–H groups in total. The molecule has 0 unspecified atom stereocenters. The second-order valence-electron chi connectivity index (χ2n) is 6.51. The summed E-state index contributed by atoms with van der Waals surface area (Å²) in [5.74, 6) is 0.531. The van der Waals surface area contributed by atoms with Gasteiger partial charge in [0.2, 0.25) is 5.95 Å². The summed E-state index contributed by atoms with van der Waals surface area (Å²) in [6, 6.07) is 15.3. The zero-order chi connectivity index (χ0) is 20.8. The van der Waals surface area contributed by atoms with E-state index in [0.717, 1.165) is 28.3 Å². The summed E-state index contributed by atoms with van der Waals surface area (Å²) < 4.78 is 0. The van der Waals surface area contributed by atoms with Crippen molar-refractivity contribution in [3.05, 3.63) is 93.9 Å². The average molecular weight is 414 g/mol. The van der Waals surface area contributed by atoms with Crippen LogP contribution in [0, 0.1) is 11.3 Å². The maximum absolute atomic E-state index is 8.94. The fourth-order valence-electron chi connectivity index (χ4n) is 2.87. The Morgan fingerprint density at radius 1 is 1.17 bits per heavy atom. The third-order valence-electron chi connectivity index (χ3n) is 4.46. The van der Waals surface area contributed by atoms with Crippen LogP contribution in [0.1, 0.15) is 22.4 Å². The average Bonchev–Trinajstić information content (AvgIpc) is 3.30. The van der Waals surface area contributed by atoms with E-state index in [4.69, 9.17) is 11.0 Å². The zero-order valence-corrected chi connectivity index (χ0v) is 16.9. The number of benzene rings is 1. The number of nitrogens with two attached hydrogens (primary N) is 1. The van der Waals surface area contributed by atoms with Crippen LogP contribution in [0.5, 0.6) is 0 Å². The smallest absolute Gasteiger partial charge is 0.223 e. The van der Waals surface area contributed by atoms with Gasteiger partial charge < -0.3 is 16.4 Å². The van der Waals surface area contributed by atoms with Gasteiger partial charge in [0.05, 0.1) is 28.7 Å². The predicted molar refractivity (Wildman–Crippen MR) is 119 cm³/mol. The molecule has 8 heteroatoms. The van der Waals surface area contributed by atoms with Gasteiger partial charge in [0.1, 0.15) is 5.03 Å². The van der Waals surface area contributed by atoms with E-state index < -0.39 is 0 Å². The van der Waals surface area contributed by atoms with Gasteiger partial charge in [-0.3, -0.25) is 4.98 Å². The molecule has 0 bridgehead atoms. The van der Waals surface area contributed by atoms with E-state index in [9.17, 15) is 0 Å². The van der Waals surface area contributed by atoms with Crippen LogP contribution in [0.2, 0.25) is 0 Å². The first-order valence-corrected chi connectivity index (χ1v) is 10.2. The van der Waals surface area contributed by atoms with Crippen LogP contribution in [0.3, 0.4) is 0 Å². The van der Waals surface area contributed by atoms with Gasteiger partial charge in [-0.25, -0.2) is 9.97 Å². The molecule has 1 aromatic carbocycles. The Morgan fingerprint density at radius 3 is 2.80 bits per heavy atom. The van der Waals surface area contributed by atoms with Gasteiger partial charge in [0.25, 0.3) is 0 Å². The molecule has 0 saturated carbocycles. The van der Waals surface area contributed by atoms with Crippen LogP contribution in [0.25, 0.3) is 11.4 Å². The van der Waals surface area contributed by atoms with E-state index in [-0.39, 0.29) is 0 Å². The van der Waals surface area contributed by atoms with E-state index in [0.29, 0.717) is 29.4 Å². The van der Waals surface area contributed by atoms with E-state index in [2.05, 4.69) is 31.7 Å². The maximum Gasteiger partial charge on any atom is 0.223 e. The number of aromatic nitrogens is 3. The number of pyridine rings is 1. The zero-order valence-electron chi connectivity index (χ0n) is 16.0. The summed E-state index contributed by atoms with van der Waals surface area (Å²) in [5.41, 5.74) is 11.3. The molecule has 3 aromatic rings. The second kappa shape index (κ2) is 9.11. The lowest BCUT2D eigenvalue weighted by atomic mass is 10.1. The maximum atomic E-state index is 8.94. The molecule has 30 heavy (non-hydrogen) atoms. The Morgan fingerprint density at radius 2 is 2.03 bits per heavy atom. The van der Waals surface area contributed by atoms with Gasteiger partial charge in [-0.15, -0.1) is 0 Å². The van der Waals surface area contributed by atoms with Gasteiger partial charge >= 0.3 is 0 Å². The van der Waals surface area contributed by atoms with Crippen molar-refractivity contribution < 1.29 is 0 Å². The fourth-order valence-corrected chi connectivity index (χ4v) is 3.70. The molecule has 0 aliphatic carbocycles. The topological polar surface area (TPSA) is 113 Å². The van der Waals surface area contributed by atoms with Gasteiger partial charge in [0.15, 0.2) is 0 Å². The van der Waals surface area contributed by atoms with Crippen molar-refractivity contribution >= 4 is 29.1 Å². The lowest BCUT2D eigenvalue weighted by molar-refractivity contribution is 0.970. The Kier molecular flexibility index (Phi) is 5.92. The SMILES string of the molecule is N#Cc1ccc(C2=CS/C(=C(/N)c3ccnc(NCCc4cccnc4)n3)N2)cc1. The predicted octanol–water partition coefficient (Wildman–Crippen LogP) is 3.32. The highest BCUT2D eigenvalue weighted by atomic mass is 32.2. The molecule has 0 radical (unpaired) electrons. The van der Waals surface area contributed by atoms with Gasteiger partial charge in [-0.2, -0.15) is 5.26 Å². The fraction of sp³-hybridized carbons (Fsp3) is 0.0909. The van der Waals surface area contributed by atoms with Crippen LogP contribution < -0.4 is 16.4 Å². The third kappa shape index (κ3) is 4.59. The second-order valence-corrected chi connectivity index (χ2v) is 7.39. The lowest BCUT2D eigenvalue weighted by Gasteiger charge is -2.10. The summed E-state index contributed by atoms with van der Waals surface area (Å²) in [7, 11) is 0. The molecular formula is C22H19N7S. The van der Waals surface area contributed by atoms with Crippen molar-refractivity contribution in [2.75, 3.05) is 11.9 Å². The van der Waals surface area contributed by atoms with Gasteiger partial charge in [0, 0.05) is 30.5 Å². The quantitative estimate of drug-likeness (QED) is 0.564. The number of nitrogens with one attached hydrogen (secondary N) is 2. The Bertz CT molecular complexity index is 1130.